The van der Waals surface area contributed by atoms with Crippen LogP contribution in [0.25, 0.3) is 0 Å². The van der Waals surface area contributed by atoms with Gasteiger partial charge >= 0.3 is 0 Å². The molecule has 4 rings (SSSR count). The summed E-state index contributed by atoms with van der Waals surface area (Å²) in [6.07, 6.45) is 3.66. The topological polar surface area (TPSA) is 67.4 Å². The number of aliphatic imine (C=N–C) groups is 1. The summed E-state index contributed by atoms with van der Waals surface area (Å²) in [5.41, 5.74) is 1.30. The Kier molecular flexibility index (Phi) is 8.41. The number of hydrogen-bond donors (Lipinski definition) is 2. The van der Waals surface area contributed by atoms with Crippen LogP contribution in [0.5, 0.6) is 11.5 Å². The molecule has 1 aromatic carbocycles. The average molecular weight is 559 g/mol. The first-order chi connectivity index (χ1) is 15.0. The van der Waals surface area contributed by atoms with Crippen molar-refractivity contribution in [2.45, 2.75) is 58.2 Å². The maximum Gasteiger partial charge on any atom is 0.191 e. The standard InChI is InChI=1S/C24H38N4O3.HI/c1-6-25-23(27-21-20-9-12-31-22(20)24(21,2)3)26-16-7-10-28(11-8-16)17-13-18(29-4)15-19(14-17)30-5;/h13-16,20-22H,6-12H2,1-5H3,(H2,25,26,27);1H. The minimum absolute atomic E-state index is 0. The molecule has 1 saturated carbocycles. The van der Waals surface area contributed by atoms with Crippen LogP contribution in [0.2, 0.25) is 0 Å². The van der Waals surface area contributed by atoms with E-state index in [0.717, 1.165) is 68.6 Å². The van der Waals surface area contributed by atoms with Gasteiger partial charge in [-0.1, -0.05) is 13.8 Å². The quantitative estimate of drug-likeness (QED) is 0.316. The highest BCUT2D eigenvalue weighted by molar-refractivity contribution is 14.0. The molecule has 2 heterocycles. The monoisotopic (exact) mass is 558 g/mol. The van der Waals surface area contributed by atoms with Crippen molar-refractivity contribution in [2.75, 3.05) is 45.4 Å². The van der Waals surface area contributed by atoms with Crippen molar-refractivity contribution >= 4 is 35.6 Å². The summed E-state index contributed by atoms with van der Waals surface area (Å²) in [5.74, 6) is 3.21. The van der Waals surface area contributed by atoms with E-state index in [9.17, 15) is 0 Å². The Hall–Kier alpha value is -1.42. The minimum atomic E-state index is 0. The van der Waals surface area contributed by atoms with Crippen molar-refractivity contribution in [3.8, 4) is 11.5 Å². The fraction of sp³-hybridized carbons (Fsp3) is 0.708. The molecular formula is C24H39IN4O3. The number of halogens is 1. The number of guanidine groups is 1. The van der Waals surface area contributed by atoms with Crippen molar-refractivity contribution < 1.29 is 14.2 Å². The second-order valence-corrected chi connectivity index (χ2v) is 9.49. The fourth-order valence-electron chi connectivity index (χ4n) is 5.51. The van der Waals surface area contributed by atoms with E-state index < -0.39 is 0 Å². The van der Waals surface area contributed by atoms with Crippen molar-refractivity contribution in [3.63, 3.8) is 0 Å². The number of piperidine rings is 1. The molecular weight excluding hydrogens is 519 g/mol. The summed E-state index contributed by atoms with van der Waals surface area (Å²) < 4.78 is 16.8. The van der Waals surface area contributed by atoms with Crippen LogP contribution in [0, 0.1) is 11.3 Å². The van der Waals surface area contributed by atoms with Crippen LogP contribution in [0.15, 0.2) is 23.2 Å². The molecule has 8 heteroatoms. The first-order valence-electron chi connectivity index (χ1n) is 11.6. The van der Waals surface area contributed by atoms with Gasteiger partial charge in [-0.2, -0.15) is 0 Å². The molecule has 2 aliphatic heterocycles. The first-order valence-corrected chi connectivity index (χ1v) is 11.6. The Morgan fingerprint density at radius 2 is 1.75 bits per heavy atom. The zero-order valence-electron chi connectivity index (χ0n) is 20.0. The van der Waals surface area contributed by atoms with E-state index >= 15 is 0 Å². The molecule has 32 heavy (non-hydrogen) atoms. The van der Waals surface area contributed by atoms with Gasteiger partial charge in [0.2, 0.25) is 0 Å². The number of rotatable bonds is 6. The molecule has 3 aliphatic rings. The van der Waals surface area contributed by atoms with Crippen molar-refractivity contribution in [1.82, 2.24) is 10.6 Å². The number of ether oxygens (including phenoxy) is 3. The Labute approximate surface area is 209 Å². The summed E-state index contributed by atoms with van der Waals surface area (Å²) in [6.45, 7) is 10.3. The van der Waals surface area contributed by atoms with E-state index in [1.165, 1.54) is 0 Å². The van der Waals surface area contributed by atoms with Crippen LogP contribution in [0.3, 0.4) is 0 Å². The van der Waals surface area contributed by atoms with Crippen molar-refractivity contribution in [3.05, 3.63) is 18.2 Å². The second-order valence-electron chi connectivity index (χ2n) is 9.49. The van der Waals surface area contributed by atoms with Gasteiger partial charge in [0.05, 0.1) is 20.3 Å². The van der Waals surface area contributed by atoms with Crippen molar-refractivity contribution in [2.24, 2.45) is 16.3 Å². The minimum Gasteiger partial charge on any atom is -0.497 e. The molecule has 3 atom stereocenters. The third kappa shape index (κ3) is 5.05. The fourth-order valence-corrected chi connectivity index (χ4v) is 5.51. The van der Waals surface area contributed by atoms with Gasteiger partial charge in [0.15, 0.2) is 5.96 Å². The van der Waals surface area contributed by atoms with E-state index in [-0.39, 0.29) is 29.4 Å². The molecule has 3 unspecified atom stereocenters. The Balaban J connectivity index is 0.00000289. The van der Waals surface area contributed by atoms with Crippen LogP contribution in [0.1, 0.15) is 40.0 Å². The van der Waals surface area contributed by atoms with Crippen LogP contribution in [0.4, 0.5) is 5.69 Å². The van der Waals surface area contributed by atoms with E-state index in [2.05, 4.69) is 48.4 Å². The SMILES string of the molecule is CCN=C(NC1CCN(c2cc(OC)cc(OC)c2)CC1)NC1C2CCOC2C1(C)C.I. The van der Waals surface area contributed by atoms with Gasteiger partial charge in [0.1, 0.15) is 11.5 Å². The summed E-state index contributed by atoms with van der Waals surface area (Å²) >= 11 is 0. The van der Waals surface area contributed by atoms with E-state index in [1.807, 2.05) is 6.07 Å². The first kappa shape index (κ1) is 25.2. The summed E-state index contributed by atoms with van der Waals surface area (Å²) in [7, 11) is 3.39. The molecule has 2 N–H and O–H groups in total. The molecule has 1 aromatic rings. The van der Waals surface area contributed by atoms with E-state index in [0.29, 0.717) is 24.1 Å². The summed E-state index contributed by atoms with van der Waals surface area (Å²) in [4.78, 5) is 7.15. The molecule has 0 bridgehead atoms. The average Bonchev–Trinajstić information content (AvgIpc) is 3.25. The Morgan fingerprint density at radius 1 is 1.09 bits per heavy atom. The normalized spacial score (nSPS) is 27.1. The number of nitrogens with one attached hydrogen (secondary N) is 2. The highest BCUT2D eigenvalue weighted by atomic mass is 127. The van der Waals surface area contributed by atoms with Gasteiger partial charge in [-0.15, -0.1) is 24.0 Å². The lowest BCUT2D eigenvalue weighted by Gasteiger charge is -2.55. The highest BCUT2D eigenvalue weighted by Crippen LogP contribution is 2.52. The van der Waals surface area contributed by atoms with Crippen LogP contribution >= 0.6 is 24.0 Å². The van der Waals surface area contributed by atoms with Crippen LogP contribution in [-0.2, 0) is 4.74 Å². The Morgan fingerprint density at radius 3 is 2.34 bits per heavy atom. The summed E-state index contributed by atoms with van der Waals surface area (Å²) in [5, 5.41) is 7.46. The van der Waals surface area contributed by atoms with Gasteiger partial charge in [-0.05, 0) is 26.2 Å². The molecule has 0 spiro atoms. The molecule has 2 saturated heterocycles. The lowest BCUT2D eigenvalue weighted by molar-refractivity contribution is -0.106. The molecule has 0 aromatic heterocycles. The summed E-state index contributed by atoms with van der Waals surface area (Å²) in [6, 6.07) is 6.92. The van der Waals surface area contributed by atoms with Crippen LogP contribution in [-0.4, -0.2) is 64.6 Å². The number of benzene rings is 1. The molecule has 7 nitrogen and oxygen atoms in total. The molecule has 3 fully saturated rings. The zero-order chi connectivity index (χ0) is 22.0. The van der Waals surface area contributed by atoms with Crippen molar-refractivity contribution in [1.29, 1.82) is 0 Å². The third-order valence-corrected chi connectivity index (χ3v) is 7.25. The lowest BCUT2D eigenvalue weighted by atomic mass is 9.57. The maximum atomic E-state index is 5.95. The van der Waals surface area contributed by atoms with Crippen LogP contribution < -0.4 is 25.0 Å². The number of fused-ring (bicyclic) bond motifs is 1. The van der Waals surface area contributed by atoms with E-state index in [4.69, 9.17) is 19.2 Å². The van der Waals surface area contributed by atoms with Gasteiger partial charge in [0, 0.05) is 73.5 Å². The predicted octanol–water partition coefficient (Wildman–Crippen LogP) is 3.66. The third-order valence-electron chi connectivity index (χ3n) is 7.25. The predicted molar refractivity (Wildman–Crippen MR) is 140 cm³/mol. The number of anilines is 1. The Bertz CT molecular complexity index is 773. The number of hydrogen-bond acceptors (Lipinski definition) is 5. The number of methoxy groups -OCH3 is 2. The van der Waals surface area contributed by atoms with Gasteiger partial charge in [0.25, 0.3) is 0 Å². The smallest absolute Gasteiger partial charge is 0.191 e. The largest absolute Gasteiger partial charge is 0.497 e. The van der Waals surface area contributed by atoms with Gasteiger partial charge in [-0.25, -0.2) is 0 Å². The maximum absolute atomic E-state index is 5.95. The number of nitrogens with zero attached hydrogens (tertiary/aromatic N) is 2. The molecule has 180 valence electrons. The lowest BCUT2D eigenvalue weighted by Crippen LogP contribution is -2.68. The molecule has 0 amide bonds. The second kappa shape index (κ2) is 10.7. The van der Waals surface area contributed by atoms with Gasteiger partial charge < -0.3 is 29.7 Å². The highest BCUT2D eigenvalue weighted by Gasteiger charge is 2.59. The molecule has 0 radical (unpaired) electrons. The molecule has 1 aliphatic carbocycles. The zero-order valence-corrected chi connectivity index (χ0v) is 22.3. The van der Waals surface area contributed by atoms with E-state index in [1.54, 1.807) is 14.2 Å². The van der Waals surface area contributed by atoms with Gasteiger partial charge in [-0.3, -0.25) is 4.99 Å².